The van der Waals surface area contributed by atoms with E-state index in [-0.39, 0.29) is 0 Å². The first-order chi connectivity index (χ1) is 8.83. The molecule has 106 valence electrons. The lowest BCUT2D eigenvalue weighted by molar-refractivity contribution is -0.137. The average Bonchev–Trinajstić information content (AvgIpc) is 2.53. The van der Waals surface area contributed by atoms with Crippen LogP contribution in [0.15, 0.2) is 18.2 Å². The summed E-state index contributed by atoms with van der Waals surface area (Å²) >= 11 is 0. The molecule has 0 bridgehead atoms. The van der Waals surface area contributed by atoms with Gasteiger partial charge in [0.25, 0.3) is 0 Å². The van der Waals surface area contributed by atoms with Crippen molar-refractivity contribution in [1.82, 2.24) is 0 Å². The molecule has 1 unspecified atom stereocenters. The van der Waals surface area contributed by atoms with Crippen LogP contribution in [0, 0.1) is 6.92 Å². The van der Waals surface area contributed by atoms with E-state index in [1.165, 1.54) is 12.1 Å². The molecule has 0 aliphatic carbocycles. The molecule has 5 heteroatoms. The van der Waals surface area contributed by atoms with Crippen molar-refractivity contribution in [1.29, 1.82) is 0 Å². The summed E-state index contributed by atoms with van der Waals surface area (Å²) in [6, 6.07) is 3.81. The minimum absolute atomic E-state index is 0.553. The smallest absolute Gasteiger partial charge is 0.381 e. The fourth-order valence-electron chi connectivity index (χ4n) is 2.64. The van der Waals surface area contributed by atoms with Crippen LogP contribution >= 0.6 is 0 Å². The van der Waals surface area contributed by atoms with Crippen LogP contribution < -0.4 is 5.73 Å². The number of hydrogen-bond acceptors (Lipinski definition) is 2. The zero-order valence-corrected chi connectivity index (χ0v) is 10.9. The molecule has 0 saturated carbocycles. The fraction of sp³-hybridized carbons (Fsp3) is 0.571. The number of alkyl halides is 3. The van der Waals surface area contributed by atoms with Gasteiger partial charge in [0.05, 0.1) is 5.56 Å². The van der Waals surface area contributed by atoms with Gasteiger partial charge in [-0.3, -0.25) is 0 Å². The molecule has 0 aromatic heterocycles. The topological polar surface area (TPSA) is 35.2 Å². The lowest BCUT2D eigenvalue weighted by atomic mass is 9.81. The molecule has 1 atom stereocenters. The second-order valence-electron chi connectivity index (χ2n) is 5.15. The summed E-state index contributed by atoms with van der Waals surface area (Å²) in [5, 5.41) is 0. The van der Waals surface area contributed by atoms with E-state index in [0.717, 1.165) is 24.5 Å². The average molecular weight is 273 g/mol. The van der Waals surface area contributed by atoms with Crippen molar-refractivity contribution >= 4 is 0 Å². The zero-order valence-electron chi connectivity index (χ0n) is 10.9. The number of aryl methyl sites for hydroxylation is 1. The molecule has 0 amide bonds. The highest BCUT2D eigenvalue weighted by molar-refractivity contribution is 5.37. The quantitative estimate of drug-likeness (QED) is 0.851. The van der Waals surface area contributed by atoms with E-state index in [4.69, 9.17) is 10.5 Å². The summed E-state index contributed by atoms with van der Waals surface area (Å²) in [5.74, 6) is 0. The SMILES string of the molecule is Cc1cc(C(F)(F)F)ccc1C1(N)CCCOCC1. The first-order valence-corrected chi connectivity index (χ1v) is 6.38. The highest BCUT2D eigenvalue weighted by Crippen LogP contribution is 2.35. The van der Waals surface area contributed by atoms with E-state index in [0.29, 0.717) is 25.2 Å². The molecule has 0 radical (unpaired) electrons. The largest absolute Gasteiger partial charge is 0.416 e. The predicted molar refractivity (Wildman–Crippen MR) is 66.7 cm³/mol. The summed E-state index contributed by atoms with van der Waals surface area (Å²) in [4.78, 5) is 0. The van der Waals surface area contributed by atoms with E-state index in [1.54, 1.807) is 6.92 Å². The summed E-state index contributed by atoms with van der Waals surface area (Å²) in [6.07, 6.45) is -2.10. The second kappa shape index (κ2) is 5.13. The third kappa shape index (κ3) is 3.09. The minimum Gasteiger partial charge on any atom is -0.381 e. The van der Waals surface area contributed by atoms with Gasteiger partial charge in [0, 0.05) is 18.8 Å². The number of nitrogens with two attached hydrogens (primary N) is 1. The van der Waals surface area contributed by atoms with Gasteiger partial charge in [0.2, 0.25) is 0 Å². The summed E-state index contributed by atoms with van der Waals surface area (Å²) < 4.78 is 43.3. The van der Waals surface area contributed by atoms with Gasteiger partial charge in [-0.05, 0) is 49.4 Å². The highest BCUT2D eigenvalue weighted by atomic mass is 19.4. The van der Waals surface area contributed by atoms with Crippen LogP contribution in [0.1, 0.15) is 36.0 Å². The lowest BCUT2D eigenvalue weighted by Gasteiger charge is -2.30. The first kappa shape index (κ1) is 14.3. The van der Waals surface area contributed by atoms with Crippen molar-refractivity contribution in [2.24, 2.45) is 5.73 Å². The first-order valence-electron chi connectivity index (χ1n) is 6.38. The molecule has 1 saturated heterocycles. The van der Waals surface area contributed by atoms with E-state index in [2.05, 4.69) is 0 Å². The number of ether oxygens (including phenoxy) is 1. The maximum atomic E-state index is 12.7. The molecular weight excluding hydrogens is 255 g/mol. The van der Waals surface area contributed by atoms with Crippen LogP contribution in [0.2, 0.25) is 0 Å². The molecule has 2 rings (SSSR count). The van der Waals surface area contributed by atoms with Crippen LogP contribution in [0.3, 0.4) is 0 Å². The van der Waals surface area contributed by atoms with Crippen LogP contribution in [0.4, 0.5) is 13.2 Å². The minimum atomic E-state index is -4.31. The lowest BCUT2D eigenvalue weighted by Crippen LogP contribution is -2.37. The third-order valence-electron chi connectivity index (χ3n) is 3.69. The zero-order chi connectivity index (χ0) is 14.1. The monoisotopic (exact) mass is 273 g/mol. The van der Waals surface area contributed by atoms with Crippen molar-refractivity contribution in [3.05, 3.63) is 34.9 Å². The van der Waals surface area contributed by atoms with Gasteiger partial charge in [0.15, 0.2) is 0 Å². The standard InChI is InChI=1S/C14H18F3NO/c1-10-9-11(14(15,16)17)3-4-12(10)13(18)5-2-7-19-8-6-13/h3-4,9H,2,5-8,18H2,1H3. The Morgan fingerprint density at radius 2 is 1.95 bits per heavy atom. The molecule has 2 nitrogen and oxygen atoms in total. The predicted octanol–water partition coefficient (Wildman–Crippen LogP) is 3.37. The van der Waals surface area contributed by atoms with Gasteiger partial charge >= 0.3 is 6.18 Å². The highest BCUT2D eigenvalue weighted by Gasteiger charge is 2.34. The van der Waals surface area contributed by atoms with Crippen molar-refractivity contribution in [3.63, 3.8) is 0 Å². The van der Waals surface area contributed by atoms with Crippen LogP contribution in [0.5, 0.6) is 0 Å². The van der Waals surface area contributed by atoms with Crippen LogP contribution in [-0.4, -0.2) is 13.2 Å². The van der Waals surface area contributed by atoms with Gasteiger partial charge < -0.3 is 10.5 Å². The van der Waals surface area contributed by atoms with Gasteiger partial charge in [-0.1, -0.05) is 6.07 Å². The number of benzene rings is 1. The normalized spacial score (nSPS) is 25.1. The van der Waals surface area contributed by atoms with E-state index >= 15 is 0 Å². The fourth-order valence-corrected chi connectivity index (χ4v) is 2.64. The van der Waals surface area contributed by atoms with Crippen LogP contribution in [-0.2, 0) is 16.5 Å². The third-order valence-corrected chi connectivity index (χ3v) is 3.69. The molecule has 1 aliphatic rings. The maximum Gasteiger partial charge on any atom is 0.416 e. The second-order valence-corrected chi connectivity index (χ2v) is 5.15. The van der Waals surface area contributed by atoms with Gasteiger partial charge in [-0.25, -0.2) is 0 Å². The molecule has 1 aliphatic heterocycles. The van der Waals surface area contributed by atoms with E-state index < -0.39 is 17.3 Å². The molecule has 19 heavy (non-hydrogen) atoms. The molecule has 0 spiro atoms. The maximum absolute atomic E-state index is 12.7. The number of rotatable bonds is 1. The summed E-state index contributed by atoms with van der Waals surface area (Å²) in [7, 11) is 0. The number of hydrogen-bond donors (Lipinski definition) is 1. The van der Waals surface area contributed by atoms with Crippen molar-refractivity contribution in [3.8, 4) is 0 Å². The van der Waals surface area contributed by atoms with Crippen molar-refractivity contribution in [2.75, 3.05) is 13.2 Å². The molecule has 1 heterocycles. The Bertz CT molecular complexity index is 448. The molecule has 1 aromatic rings. The van der Waals surface area contributed by atoms with Crippen molar-refractivity contribution < 1.29 is 17.9 Å². The van der Waals surface area contributed by atoms with Crippen LogP contribution in [0.25, 0.3) is 0 Å². The van der Waals surface area contributed by atoms with E-state index in [1.807, 2.05) is 0 Å². The Morgan fingerprint density at radius 1 is 1.21 bits per heavy atom. The number of halogens is 3. The molecule has 1 aromatic carbocycles. The van der Waals surface area contributed by atoms with Crippen molar-refractivity contribution in [2.45, 2.75) is 37.9 Å². The molecule has 2 N–H and O–H groups in total. The Balaban J connectivity index is 2.34. The summed E-state index contributed by atoms with van der Waals surface area (Å²) in [5.41, 5.74) is 6.57. The van der Waals surface area contributed by atoms with Gasteiger partial charge in [-0.15, -0.1) is 0 Å². The summed E-state index contributed by atoms with van der Waals surface area (Å²) in [6.45, 7) is 2.90. The Morgan fingerprint density at radius 3 is 2.58 bits per heavy atom. The Kier molecular flexibility index (Phi) is 3.87. The Hall–Kier alpha value is -1.07. The van der Waals surface area contributed by atoms with Gasteiger partial charge in [-0.2, -0.15) is 13.2 Å². The molecular formula is C14H18F3NO. The van der Waals surface area contributed by atoms with Gasteiger partial charge in [0.1, 0.15) is 0 Å². The Labute approximate surface area is 110 Å². The molecule has 1 fully saturated rings. The van der Waals surface area contributed by atoms with E-state index in [9.17, 15) is 13.2 Å².